The molecule has 0 bridgehead atoms. The SMILES string of the molecule is CN(CCc1cccs1)c1ncnc(N)c1Br. The molecule has 0 spiro atoms. The molecule has 4 nitrogen and oxygen atoms in total. The summed E-state index contributed by atoms with van der Waals surface area (Å²) in [5.74, 6) is 1.30. The van der Waals surface area contributed by atoms with E-state index in [0.29, 0.717) is 5.82 Å². The van der Waals surface area contributed by atoms with Crippen molar-refractivity contribution in [1.29, 1.82) is 0 Å². The van der Waals surface area contributed by atoms with Crippen LogP contribution in [0.15, 0.2) is 28.3 Å². The lowest BCUT2D eigenvalue weighted by atomic mass is 10.3. The summed E-state index contributed by atoms with van der Waals surface area (Å²) in [7, 11) is 2.00. The van der Waals surface area contributed by atoms with Crippen LogP contribution in [0.25, 0.3) is 0 Å². The monoisotopic (exact) mass is 312 g/mol. The van der Waals surface area contributed by atoms with Gasteiger partial charge in [-0.2, -0.15) is 0 Å². The summed E-state index contributed by atoms with van der Waals surface area (Å²) in [5, 5.41) is 2.09. The Hall–Kier alpha value is -1.14. The Bertz CT molecular complexity index is 486. The number of nitrogens with zero attached hydrogens (tertiary/aromatic N) is 3. The van der Waals surface area contributed by atoms with E-state index in [4.69, 9.17) is 5.73 Å². The molecule has 0 unspecified atom stereocenters. The van der Waals surface area contributed by atoms with Crippen molar-refractivity contribution in [3.8, 4) is 0 Å². The molecular formula is C11H13BrN4S. The molecule has 0 aliphatic rings. The van der Waals surface area contributed by atoms with E-state index in [1.807, 2.05) is 7.05 Å². The zero-order chi connectivity index (χ0) is 12.3. The number of nitrogens with two attached hydrogens (primary N) is 1. The van der Waals surface area contributed by atoms with Gasteiger partial charge in [-0.15, -0.1) is 11.3 Å². The van der Waals surface area contributed by atoms with Gasteiger partial charge in [-0.1, -0.05) is 6.07 Å². The van der Waals surface area contributed by atoms with Gasteiger partial charge in [0.15, 0.2) is 0 Å². The molecule has 0 fully saturated rings. The van der Waals surface area contributed by atoms with Gasteiger partial charge in [-0.25, -0.2) is 9.97 Å². The van der Waals surface area contributed by atoms with Gasteiger partial charge < -0.3 is 10.6 Å². The molecule has 2 aromatic rings. The Labute approximate surface area is 113 Å². The van der Waals surface area contributed by atoms with Crippen LogP contribution in [0.2, 0.25) is 0 Å². The van der Waals surface area contributed by atoms with Crippen molar-refractivity contribution in [2.75, 3.05) is 24.2 Å². The molecule has 2 aromatic heterocycles. The smallest absolute Gasteiger partial charge is 0.148 e. The largest absolute Gasteiger partial charge is 0.383 e. The van der Waals surface area contributed by atoms with Crippen LogP contribution in [-0.2, 0) is 6.42 Å². The molecule has 2 heterocycles. The third kappa shape index (κ3) is 2.95. The van der Waals surface area contributed by atoms with Gasteiger partial charge in [0.05, 0.1) is 0 Å². The summed E-state index contributed by atoms with van der Waals surface area (Å²) in [6.45, 7) is 0.898. The molecule has 0 amide bonds. The number of rotatable bonds is 4. The van der Waals surface area contributed by atoms with Crippen LogP contribution < -0.4 is 10.6 Å². The lowest BCUT2D eigenvalue weighted by Crippen LogP contribution is -2.22. The number of halogens is 1. The van der Waals surface area contributed by atoms with E-state index in [1.165, 1.54) is 11.2 Å². The highest BCUT2D eigenvalue weighted by molar-refractivity contribution is 9.10. The third-order valence-corrected chi connectivity index (χ3v) is 4.13. The van der Waals surface area contributed by atoms with Crippen molar-refractivity contribution in [2.24, 2.45) is 0 Å². The van der Waals surface area contributed by atoms with Crippen LogP contribution in [0.5, 0.6) is 0 Å². The number of nitrogen functional groups attached to an aromatic ring is 1. The summed E-state index contributed by atoms with van der Waals surface area (Å²) in [5.41, 5.74) is 5.73. The lowest BCUT2D eigenvalue weighted by Gasteiger charge is -2.19. The fourth-order valence-electron chi connectivity index (χ4n) is 1.48. The average Bonchev–Trinajstić information content (AvgIpc) is 2.82. The zero-order valence-corrected chi connectivity index (χ0v) is 11.8. The summed E-state index contributed by atoms with van der Waals surface area (Å²) in [4.78, 5) is 11.6. The molecule has 0 aliphatic carbocycles. The summed E-state index contributed by atoms with van der Waals surface area (Å²) in [6.07, 6.45) is 2.49. The molecule has 17 heavy (non-hydrogen) atoms. The number of aromatic nitrogens is 2. The first kappa shape index (κ1) is 12.3. The van der Waals surface area contributed by atoms with Crippen molar-refractivity contribution in [3.63, 3.8) is 0 Å². The number of thiophene rings is 1. The first-order chi connectivity index (χ1) is 8.18. The van der Waals surface area contributed by atoms with Gasteiger partial charge in [0.1, 0.15) is 22.4 Å². The molecular weight excluding hydrogens is 300 g/mol. The van der Waals surface area contributed by atoms with Crippen molar-refractivity contribution >= 4 is 38.9 Å². The van der Waals surface area contributed by atoms with Crippen molar-refractivity contribution < 1.29 is 0 Å². The van der Waals surface area contributed by atoms with Crippen LogP contribution in [0.1, 0.15) is 4.88 Å². The van der Waals surface area contributed by atoms with Crippen LogP contribution in [0.4, 0.5) is 11.6 Å². The van der Waals surface area contributed by atoms with Crippen LogP contribution in [-0.4, -0.2) is 23.6 Å². The topological polar surface area (TPSA) is 55.0 Å². The number of hydrogen-bond donors (Lipinski definition) is 1. The lowest BCUT2D eigenvalue weighted by molar-refractivity contribution is 0.862. The molecule has 6 heteroatoms. The number of hydrogen-bond acceptors (Lipinski definition) is 5. The van der Waals surface area contributed by atoms with E-state index < -0.39 is 0 Å². The summed E-state index contributed by atoms with van der Waals surface area (Å²) >= 11 is 5.18. The highest BCUT2D eigenvalue weighted by Gasteiger charge is 2.10. The fourth-order valence-corrected chi connectivity index (χ4v) is 2.68. The second-order valence-electron chi connectivity index (χ2n) is 3.65. The molecule has 90 valence electrons. The molecule has 0 aliphatic heterocycles. The van der Waals surface area contributed by atoms with E-state index in [9.17, 15) is 0 Å². The average molecular weight is 313 g/mol. The molecule has 2 N–H and O–H groups in total. The number of likely N-dealkylation sites (N-methyl/N-ethyl adjacent to an activating group) is 1. The van der Waals surface area contributed by atoms with E-state index in [1.54, 1.807) is 11.3 Å². The highest BCUT2D eigenvalue weighted by Crippen LogP contribution is 2.26. The number of anilines is 2. The fraction of sp³-hybridized carbons (Fsp3) is 0.273. The van der Waals surface area contributed by atoms with Crippen LogP contribution in [0.3, 0.4) is 0 Å². The Morgan fingerprint density at radius 2 is 2.29 bits per heavy atom. The summed E-state index contributed by atoms with van der Waals surface area (Å²) in [6, 6.07) is 4.21. The van der Waals surface area contributed by atoms with E-state index in [2.05, 4.69) is 48.3 Å². The molecule has 0 saturated heterocycles. The second-order valence-corrected chi connectivity index (χ2v) is 5.47. The predicted octanol–water partition coefficient (Wildman–Crippen LogP) is 2.56. The maximum atomic E-state index is 5.73. The van der Waals surface area contributed by atoms with Gasteiger partial charge in [-0.3, -0.25) is 0 Å². The first-order valence-corrected chi connectivity index (χ1v) is 6.85. The van der Waals surface area contributed by atoms with Crippen LogP contribution in [0, 0.1) is 0 Å². The summed E-state index contributed by atoms with van der Waals surface area (Å²) < 4.78 is 0.758. The quantitative estimate of drug-likeness (QED) is 0.942. The van der Waals surface area contributed by atoms with Crippen molar-refractivity contribution in [1.82, 2.24) is 9.97 Å². The second kappa shape index (κ2) is 5.46. The third-order valence-electron chi connectivity index (χ3n) is 2.43. The standard InChI is InChI=1S/C11H13BrN4S/c1-16(5-4-8-3-2-6-17-8)11-9(12)10(13)14-7-15-11/h2-3,6-7H,4-5H2,1H3,(H2,13,14,15). The van der Waals surface area contributed by atoms with Crippen molar-refractivity contribution in [3.05, 3.63) is 33.2 Å². The van der Waals surface area contributed by atoms with Gasteiger partial charge in [0, 0.05) is 18.5 Å². The minimum Gasteiger partial charge on any atom is -0.383 e. The molecule has 0 aromatic carbocycles. The molecule has 0 saturated carbocycles. The Balaban J connectivity index is 2.04. The normalized spacial score (nSPS) is 10.5. The van der Waals surface area contributed by atoms with E-state index in [-0.39, 0.29) is 0 Å². The van der Waals surface area contributed by atoms with E-state index in [0.717, 1.165) is 23.3 Å². The predicted molar refractivity (Wildman–Crippen MR) is 75.4 cm³/mol. The molecule has 0 atom stereocenters. The highest BCUT2D eigenvalue weighted by atomic mass is 79.9. The Morgan fingerprint density at radius 3 is 3.00 bits per heavy atom. The first-order valence-electron chi connectivity index (χ1n) is 5.18. The van der Waals surface area contributed by atoms with Gasteiger partial charge in [0.25, 0.3) is 0 Å². The maximum absolute atomic E-state index is 5.73. The minimum absolute atomic E-state index is 0.470. The van der Waals surface area contributed by atoms with Crippen molar-refractivity contribution in [2.45, 2.75) is 6.42 Å². The van der Waals surface area contributed by atoms with Gasteiger partial charge in [-0.05, 0) is 33.8 Å². The Kier molecular flexibility index (Phi) is 3.96. The van der Waals surface area contributed by atoms with Gasteiger partial charge >= 0.3 is 0 Å². The minimum atomic E-state index is 0.470. The van der Waals surface area contributed by atoms with E-state index >= 15 is 0 Å². The molecule has 0 radical (unpaired) electrons. The van der Waals surface area contributed by atoms with Crippen LogP contribution >= 0.6 is 27.3 Å². The maximum Gasteiger partial charge on any atom is 0.148 e. The Morgan fingerprint density at radius 1 is 1.47 bits per heavy atom. The zero-order valence-electron chi connectivity index (χ0n) is 9.43. The molecule has 2 rings (SSSR count). The van der Waals surface area contributed by atoms with Gasteiger partial charge in [0.2, 0.25) is 0 Å².